The summed E-state index contributed by atoms with van der Waals surface area (Å²) in [4.78, 5) is 12.9. The summed E-state index contributed by atoms with van der Waals surface area (Å²) in [6.45, 7) is 2.89. The molecular formula is C9H13Cl2NO2. The van der Waals surface area contributed by atoms with Crippen LogP contribution in [0.3, 0.4) is 0 Å². The van der Waals surface area contributed by atoms with Crippen molar-refractivity contribution in [3.63, 3.8) is 0 Å². The van der Waals surface area contributed by atoms with Crippen molar-refractivity contribution in [2.75, 3.05) is 13.1 Å². The largest absolute Gasteiger partial charge is 0.480 e. The monoisotopic (exact) mass is 237 g/mol. The summed E-state index contributed by atoms with van der Waals surface area (Å²) in [5.74, 6) is -0.797. The van der Waals surface area contributed by atoms with Gasteiger partial charge in [0.25, 0.3) is 0 Å². The van der Waals surface area contributed by atoms with Crippen molar-refractivity contribution >= 4 is 29.2 Å². The van der Waals surface area contributed by atoms with Crippen LogP contribution in [0.15, 0.2) is 10.6 Å². The molecule has 3 nitrogen and oxygen atoms in total. The number of likely N-dealkylation sites (tertiary alicyclic amines) is 1. The highest BCUT2D eigenvalue weighted by molar-refractivity contribution is 6.36. The number of aliphatic carboxylic acids is 1. The van der Waals surface area contributed by atoms with Crippen molar-refractivity contribution in [1.29, 1.82) is 0 Å². The summed E-state index contributed by atoms with van der Waals surface area (Å²) in [5, 5.41) is 9.56. The molecule has 0 amide bonds. The third-order valence-corrected chi connectivity index (χ3v) is 3.31. The molecule has 80 valence electrons. The second-order valence-corrected chi connectivity index (χ2v) is 4.36. The van der Waals surface area contributed by atoms with Crippen molar-refractivity contribution in [3.05, 3.63) is 10.6 Å². The van der Waals surface area contributed by atoms with Crippen molar-refractivity contribution in [3.8, 4) is 0 Å². The van der Waals surface area contributed by atoms with Gasteiger partial charge in [0.2, 0.25) is 0 Å². The Morgan fingerprint density at radius 1 is 1.71 bits per heavy atom. The van der Waals surface area contributed by atoms with Crippen LogP contribution >= 0.6 is 23.2 Å². The van der Waals surface area contributed by atoms with Crippen LogP contribution in [-0.4, -0.2) is 34.6 Å². The molecule has 0 saturated carbocycles. The quantitative estimate of drug-likeness (QED) is 0.819. The lowest BCUT2D eigenvalue weighted by molar-refractivity contribution is -0.148. The van der Waals surface area contributed by atoms with E-state index in [0.717, 1.165) is 13.0 Å². The lowest BCUT2D eigenvalue weighted by atomic mass is 9.99. The zero-order valence-electron chi connectivity index (χ0n) is 7.96. The van der Waals surface area contributed by atoms with Crippen LogP contribution in [0.5, 0.6) is 0 Å². The lowest BCUT2D eigenvalue weighted by Crippen LogP contribution is -2.48. The molecule has 0 bridgehead atoms. The van der Waals surface area contributed by atoms with E-state index in [0.29, 0.717) is 18.0 Å². The fourth-order valence-corrected chi connectivity index (χ4v) is 1.94. The predicted molar refractivity (Wildman–Crippen MR) is 56.6 cm³/mol. The molecule has 5 heteroatoms. The maximum atomic E-state index is 11.1. The van der Waals surface area contributed by atoms with Gasteiger partial charge in [0.1, 0.15) is 5.54 Å². The topological polar surface area (TPSA) is 40.5 Å². The van der Waals surface area contributed by atoms with Gasteiger partial charge in [-0.1, -0.05) is 23.2 Å². The number of carbonyl (C=O) groups is 1. The van der Waals surface area contributed by atoms with Crippen LogP contribution in [0.25, 0.3) is 0 Å². The molecule has 1 atom stereocenters. The molecule has 0 radical (unpaired) electrons. The Morgan fingerprint density at radius 3 is 2.86 bits per heavy atom. The minimum absolute atomic E-state index is 0.411. The van der Waals surface area contributed by atoms with Crippen LogP contribution in [0.1, 0.15) is 19.8 Å². The van der Waals surface area contributed by atoms with E-state index in [9.17, 15) is 4.79 Å². The first-order chi connectivity index (χ1) is 6.50. The Balaban J connectivity index is 2.73. The van der Waals surface area contributed by atoms with Gasteiger partial charge in [-0.2, -0.15) is 0 Å². The normalized spacial score (nSPS) is 29.5. The zero-order valence-corrected chi connectivity index (χ0v) is 9.48. The number of hydrogen-bond acceptors (Lipinski definition) is 2. The van der Waals surface area contributed by atoms with E-state index < -0.39 is 11.5 Å². The smallest absolute Gasteiger partial charge is 0.323 e. The minimum atomic E-state index is -0.797. The Bertz CT molecular complexity index is 268. The second-order valence-electron chi connectivity index (χ2n) is 3.66. The minimum Gasteiger partial charge on any atom is -0.480 e. The Kier molecular flexibility index (Phi) is 3.81. The Morgan fingerprint density at radius 2 is 2.36 bits per heavy atom. The third-order valence-electron chi connectivity index (χ3n) is 2.71. The fourth-order valence-electron chi connectivity index (χ4n) is 1.73. The van der Waals surface area contributed by atoms with E-state index in [4.69, 9.17) is 28.3 Å². The molecule has 1 saturated heterocycles. The Hall–Kier alpha value is -0.250. The summed E-state index contributed by atoms with van der Waals surface area (Å²) in [6.07, 6.45) is 1.55. The SMILES string of the molecule is CC1(C(=O)O)CCCN1CC(Cl)=CCl. The lowest BCUT2D eigenvalue weighted by Gasteiger charge is -2.30. The van der Waals surface area contributed by atoms with Crippen molar-refractivity contribution in [2.45, 2.75) is 25.3 Å². The van der Waals surface area contributed by atoms with Gasteiger partial charge in [-0.3, -0.25) is 9.69 Å². The van der Waals surface area contributed by atoms with E-state index in [2.05, 4.69) is 0 Å². The van der Waals surface area contributed by atoms with Gasteiger partial charge in [0.05, 0.1) is 0 Å². The van der Waals surface area contributed by atoms with Crippen molar-refractivity contribution in [1.82, 2.24) is 4.90 Å². The average Bonchev–Trinajstić information content (AvgIpc) is 2.49. The van der Waals surface area contributed by atoms with Gasteiger partial charge in [-0.15, -0.1) is 0 Å². The van der Waals surface area contributed by atoms with Gasteiger partial charge < -0.3 is 5.11 Å². The van der Waals surface area contributed by atoms with Crippen LogP contribution in [0.4, 0.5) is 0 Å². The summed E-state index contributed by atoms with van der Waals surface area (Å²) in [7, 11) is 0. The molecule has 1 rings (SSSR count). The standard InChI is InChI=1S/C9H13Cl2NO2/c1-9(8(13)14)3-2-4-12(9)6-7(11)5-10/h5H,2-4,6H2,1H3,(H,13,14). The average molecular weight is 238 g/mol. The van der Waals surface area contributed by atoms with Crippen LogP contribution in [0, 0.1) is 0 Å². The Labute approximate surface area is 93.3 Å². The number of hydrogen-bond donors (Lipinski definition) is 1. The number of carboxylic acids is 1. The molecule has 1 heterocycles. The van der Waals surface area contributed by atoms with Gasteiger partial charge in [0.15, 0.2) is 0 Å². The molecule has 1 N–H and O–H groups in total. The van der Waals surface area contributed by atoms with Gasteiger partial charge in [0, 0.05) is 17.1 Å². The van der Waals surface area contributed by atoms with Crippen LogP contribution in [-0.2, 0) is 4.79 Å². The van der Waals surface area contributed by atoms with Crippen molar-refractivity contribution < 1.29 is 9.90 Å². The van der Waals surface area contributed by atoms with Crippen molar-refractivity contribution in [2.24, 2.45) is 0 Å². The maximum absolute atomic E-state index is 11.1. The number of carboxylic acid groups (broad SMARTS) is 1. The van der Waals surface area contributed by atoms with E-state index in [1.54, 1.807) is 6.92 Å². The molecule has 1 aliphatic heterocycles. The van der Waals surface area contributed by atoms with Crippen LogP contribution < -0.4 is 0 Å². The third kappa shape index (κ3) is 2.22. The summed E-state index contributed by atoms with van der Waals surface area (Å²) >= 11 is 11.2. The van der Waals surface area contributed by atoms with Gasteiger partial charge in [-0.05, 0) is 26.3 Å². The first-order valence-corrected chi connectivity index (χ1v) is 5.25. The molecule has 0 spiro atoms. The highest BCUT2D eigenvalue weighted by Crippen LogP contribution is 2.30. The fraction of sp³-hybridized carbons (Fsp3) is 0.667. The van der Waals surface area contributed by atoms with E-state index >= 15 is 0 Å². The molecular weight excluding hydrogens is 225 g/mol. The molecule has 0 aromatic heterocycles. The number of rotatable bonds is 3. The molecule has 0 aromatic rings. The first-order valence-electron chi connectivity index (χ1n) is 4.44. The summed E-state index contributed by atoms with van der Waals surface area (Å²) in [6, 6.07) is 0. The molecule has 0 aromatic carbocycles. The summed E-state index contributed by atoms with van der Waals surface area (Å²) < 4.78 is 0. The van der Waals surface area contributed by atoms with E-state index in [1.165, 1.54) is 5.54 Å². The number of halogens is 2. The molecule has 14 heavy (non-hydrogen) atoms. The summed E-state index contributed by atoms with van der Waals surface area (Å²) in [5.41, 5.74) is 0.488. The molecule has 1 fully saturated rings. The molecule has 0 aliphatic carbocycles. The van der Waals surface area contributed by atoms with Gasteiger partial charge in [-0.25, -0.2) is 0 Å². The predicted octanol–water partition coefficient (Wildman–Crippen LogP) is 2.24. The highest BCUT2D eigenvalue weighted by Gasteiger charge is 2.43. The number of nitrogens with zero attached hydrogens (tertiary/aromatic N) is 1. The highest BCUT2D eigenvalue weighted by atomic mass is 35.5. The maximum Gasteiger partial charge on any atom is 0.323 e. The van der Waals surface area contributed by atoms with E-state index in [-0.39, 0.29) is 0 Å². The second kappa shape index (κ2) is 4.51. The molecule has 1 aliphatic rings. The van der Waals surface area contributed by atoms with E-state index in [1.807, 2.05) is 4.90 Å². The first kappa shape index (κ1) is 11.8. The molecule has 1 unspecified atom stereocenters. The van der Waals surface area contributed by atoms with Crippen LogP contribution in [0.2, 0.25) is 0 Å². The van der Waals surface area contributed by atoms with Gasteiger partial charge >= 0.3 is 5.97 Å². The zero-order chi connectivity index (χ0) is 10.8.